The molecule has 0 radical (unpaired) electrons. The van der Waals surface area contributed by atoms with Gasteiger partial charge in [-0.1, -0.05) is 12.5 Å². The van der Waals surface area contributed by atoms with E-state index in [1.165, 1.54) is 6.07 Å². The van der Waals surface area contributed by atoms with Gasteiger partial charge in [-0.05, 0) is 37.3 Å². The van der Waals surface area contributed by atoms with Gasteiger partial charge in [-0.15, -0.1) is 0 Å². The Morgan fingerprint density at radius 3 is 2.65 bits per heavy atom. The van der Waals surface area contributed by atoms with E-state index in [1.807, 2.05) is 0 Å². The van der Waals surface area contributed by atoms with Crippen molar-refractivity contribution < 1.29 is 13.6 Å². The van der Waals surface area contributed by atoms with Gasteiger partial charge in [0.2, 0.25) is 5.91 Å². The molecule has 5 heteroatoms. The molecule has 2 rings (SSSR count). The lowest BCUT2D eigenvalue weighted by molar-refractivity contribution is -0.120. The number of nitrogens with one attached hydrogen (secondary N) is 1. The normalized spacial score (nSPS) is 22.6. The predicted molar refractivity (Wildman–Crippen MR) is 73.0 cm³/mol. The summed E-state index contributed by atoms with van der Waals surface area (Å²) in [6.45, 7) is 0.530. The van der Waals surface area contributed by atoms with E-state index in [-0.39, 0.29) is 23.9 Å². The van der Waals surface area contributed by atoms with Gasteiger partial charge in [0, 0.05) is 18.2 Å². The summed E-state index contributed by atoms with van der Waals surface area (Å²) in [6.07, 6.45) is 3.78. The molecule has 0 bridgehead atoms. The Kier molecular flexibility index (Phi) is 5.06. The maximum absolute atomic E-state index is 13.4. The summed E-state index contributed by atoms with van der Waals surface area (Å²) in [6, 6.07) is 3.81. The SMILES string of the molecule is NC1CCCC(CNC(=O)Cc2c(F)cccc2F)C1. The standard InChI is InChI=1S/C15H20F2N2O/c16-13-5-2-6-14(17)12(13)8-15(20)19-9-10-3-1-4-11(18)7-10/h2,5-6,10-11H,1,3-4,7-9,18H2,(H,19,20). The van der Waals surface area contributed by atoms with Crippen LogP contribution in [0.15, 0.2) is 18.2 Å². The second kappa shape index (κ2) is 6.79. The van der Waals surface area contributed by atoms with Crippen LogP contribution in [0.4, 0.5) is 8.78 Å². The number of benzene rings is 1. The number of carbonyl (C=O) groups is 1. The lowest BCUT2D eigenvalue weighted by Gasteiger charge is -2.26. The van der Waals surface area contributed by atoms with Crippen LogP contribution in [-0.4, -0.2) is 18.5 Å². The maximum Gasteiger partial charge on any atom is 0.224 e. The Labute approximate surface area is 117 Å². The summed E-state index contributed by atoms with van der Waals surface area (Å²) >= 11 is 0. The first-order valence-corrected chi connectivity index (χ1v) is 7.01. The van der Waals surface area contributed by atoms with Crippen LogP contribution in [0, 0.1) is 17.6 Å². The second-order valence-electron chi connectivity index (χ2n) is 5.47. The summed E-state index contributed by atoms with van der Waals surface area (Å²) in [7, 11) is 0. The summed E-state index contributed by atoms with van der Waals surface area (Å²) in [5, 5.41) is 2.75. The molecule has 1 aromatic carbocycles. The topological polar surface area (TPSA) is 55.1 Å². The summed E-state index contributed by atoms with van der Waals surface area (Å²) in [5.74, 6) is -1.35. The van der Waals surface area contributed by atoms with E-state index in [0.717, 1.165) is 37.8 Å². The van der Waals surface area contributed by atoms with Crippen molar-refractivity contribution in [3.05, 3.63) is 35.4 Å². The fourth-order valence-electron chi connectivity index (χ4n) is 2.70. The van der Waals surface area contributed by atoms with Crippen molar-refractivity contribution in [3.63, 3.8) is 0 Å². The first kappa shape index (κ1) is 14.9. The monoisotopic (exact) mass is 282 g/mol. The minimum atomic E-state index is -0.681. The number of nitrogens with two attached hydrogens (primary N) is 1. The molecule has 1 aliphatic rings. The highest BCUT2D eigenvalue weighted by atomic mass is 19.1. The molecule has 0 aromatic heterocycles. The summed E-state index contributed by atoms with van der Waals surface area (Å²) < 4.78 is 26.8. The molecule has 3 nitrogen and oxygen atoms in total. The fraction of sp³-hybridized carbons (Fsp3) is 0.533. The van der Waals surface area contributed by atoms with Gasteiger partial charge < -0.3 is 11.1 Å². The molecule has 2 unspecified atom stereocenters. The number of rotatable bonds is 4. The van der Waals surface area contributed by atoms with Crippen LogP contribution in [0.1, 0.15) is 31.2 Å². The van der Waals surface area contributed by atoms with Crippen molar-refractivity contribution in [1.29, 1.82) is 0 Å². The zero-order valence-electron chi connectivity index (χ0n) is 11.4. The third-order valence-electron chi connectivity index (χ3n) is 3.81. The zero-order chi connectivity index (χ0) is 14.5. The quantitative estimate of drug-likeness (QED) is 0.889. The van der Waals surface area contributed by atoms with Gasteiger partial charge in [0.15, 0.2) is 0 Å². The lowest BCUT2D eigenvalue weighted by Crippen LogP contribution is -2.36. The molecule has 20 heavy (non-hydrogen) atoms. The van der Waals surface area contributed by atoms with Gasteiger partial charge in [0.25, 0.3) is 0 Å². The second-order valence-corrected chi connectivity index (χ2v) is 5.47. The van der Waals surface area contributed by atoms with Crippen molar-refractivity contribution in [2.45, 2.75) is 38.1 Å². The highest BCUT2D eigenvalue weighted by Gasteiger charge is 2.20. The van der Waals surface area contributed by atoms with E-state index < -0.39 is 11.6 Å². The van der Waals surface area contributed by atoms with Crippen molar-refractivity contribution in [2.75, 3.05) is 6.54 Å². The molecule has 0 saturated heterocycles. The number of amides is 1. The van der Waals surface area contributed by atoms with Crippen molar-refractivity contribution in [3.8, 4) is 0 Å². The minimum absolute atomic E-state index is 0.176. The van der Waals surface area contributed by atoms with Crippen LogP contribution in [0.5, 0.6) is 0 Å². The maximum atomic E-state index is 13.4. The van der Waals surface area contributed by atoms with Gasteiger partial charge in [0.1, 0.15) is 11.6 Å². The van der Waals surface area contributed by atoms with Crippen LogP contribution in [-0.2, 0) is 11.2 Å². The fourth-order valence-corrected chi connectivity index (χ4v) is 2.70. The Bertz CT molecular complexity index is 459. The first-order valence-electron chi connectivity index (χ1n) is 7.01. The molecule has 0 spiro atoms. The van der Waals surface area contributed by atoms with Crippen LogP contribution >= 0.6 is 0 Å². The molecule has 3 N–H and O–H groups in total. The van der Waals surface area contributed by atoms with E-state index in [0.29, 0.717) is 12.5 Å². The molecular formula is C15H20F2N2O. The molecule has 1 amide bonds. The van der Waals surface area contributed by atoms with E-state index in [1.54, 1.807) is 0 Å². The van der Waals surface area contributed by atoms with Gasteiger partial charge in [-0.2, -0.15) is 0 Å². The Balaban J connectivity index is 1.83. The lowest BCUT2D eigenvalue weighted by atomic mass is 9.86. The first-order chi connectivity index (χ1) is 9.56. The molecular weight excluding hydrogens is 262 g/mol. The molecule has 1 aliphatic carbocycles. The van der Waals surface area contributed by atoms with E-state index in [2.05, 4.69) is 5.32 Å². The Morgan fingerprint density at radius 2 is 2.00 bits per heavy atom. The van der Waals surface area contributed by atoms with Gasteiger partial charge in [-0.3, -0.25) is 4.79 Å². The van der Waals surface area contributed by atoms with Crippen LogP contribution in [0.25, 0.3) is 0 Å². The summed E-state index contributed by atoms with van der Waals surface area (Å²) in [4.78, 5) is 11.8. The molecule has 1 fully saturated rings. The molecule has 1 saturated carbocycles. The Hall–Kier alpha value is -1.49. The zero-order valence-corrected chi connectivity index (χ0v) is 11.4. The van der Waals surface area contributed by atoms with E-state index in [9.17, 15) is 13.6 Å². The molecule has 2 atom stereocenters. The van der Waals surface area contributed by atoms with Gasteiger partial charge >= 0.3 is 0 Å². The average Bonchev–Trinajstić information content (AvgIpc) is 2.41. The average molecular weight is 282 g/mol. The van der Waals surface area contributed by atoms with Gasteiger partial charge in [-0.25, -0.2) is 8.78 Å². The van der Waals surface area contributed by atoms with Gasteiger partial charge in [0.05, 0.1) is 6.42 Å². The van der Waals surface area contributed by atoms with Crippen LogP contribution in [0.2, 0.25) is 0 Å². The van der Waals surface area contributed by atoms with Crippen molar-refractivity contribution in [2.24, 2.45) is 11.7 Å². The van der Waals surface area contributed by atoms with Crippen LogP contribution < -0.4 is 11.1 Å². The van der Waals surface area contributed by atoms with E-state index >= 15 is 0 Å². The molecule has 0 heterocycles. The van der Waals surface area contributed by atoms with E-state index in [4.69, 9.17) is 5.73 Å². The summed E-state index contributed by atoms with van der Waals surface area (Å²) in [5.41, 5.74) is 5.71. The number of carbonyl (C=O) groups excluding carboxylic acids is 1. The minimum Gasteiger partial charge on any atom is -0.356 e. The highest BCUT2D eigenvalue weighted by molar-refractivity contribution is 5.78. The number of hydrogen-bond acceptors (Lipinski definition) is 2. The highest BCUT2D eigenvalue weighted by Crippen LogP contribution is 2.22. The van der Waals surface area contributed by atoms with Crippen molar-refractivity contribution >= 4 is 5.91 Å². The number of hydrogen-bond donors (Lipinski definition) is 2. The third kappa shape index (κ3) is 4.00. The molecule has 1 aromatic rings. The third-order valence-corrected chi connectivity index (χ3v) is 3.81. The van der Waals surface area contributed by atoms with Crippen LogP contribution in [0.3, 0.4) is 0 Å². The molecule has 110 valence electrons. The molecule has 0 aliphatic heterocycles. The smallest absolute Gasteiger partial charge is 0.224 e. The largest absolute Gasteiger partial charge is 0.356 e. The van der Waals surface area contributed by atoms with Crippen molar-refractivity contribution in [1.82, 2.24) is 5.32 Å². The number of halogens is 2. The predicted octanol–water partition coefficient (Wildman–Crippen LogP) is 2.14. The Morgan fingerprint density at radius 1 is 1.30 bits per heavy atom.